The Balaban J connectivity index is 1.83. The van der Waals surface area contributed by atoms with Gasteiger partial charge in [0.1, 0.15) is 20.7 Å². The largest absolute Gasteiger partial charge is 0.598 e. The minimum atomic E-state index is -1.26. The molecule has 0 aliphatic heterocycles. The van der Waals surface area contributed by atoms with Crippen molar-refractivity contribution in [1.82, 2.24) is 20.0 Å². The molecule has 3 aromatic rings. The van der Waals surface area contributed by atoms with E-state index in [1.54, 1.807) is 12.1 Å². The van der Waals surface area contributed by atoms with Crippen LogP contribution in [0.1, 0.15) is 44.4 Å². The zero-order valence-corrected chi connectivity index (χ0v) is 20.6. The van der Waals surface area contributed by atoms with Crippen LogP contribution < -0.4 is 14.8 Å². The van der Waals surface area contributed by atoms with Crippen LogP contribution in [0.15, 0.2) is 27.3 Å². The fourth-order valence-corrected chi connectivity index (χ4v) is 5.44. The van der Waals surface area contributed by atoms with Crippen LogP contribution in [0.2, 0.25) is 5.28 Å². The van der Waals surface area contributed by atoms with Crippen molar-refractivity contribution in [3.05, 3.63) is 38.8 Å². The summed E-state index contributed by atoms with van der Waals surface area (Å²) in [4.78, 5) is 21.3. The van der Waals surface area contributed by atoms with Gasteiger partial charge in [-0.2, -0.15) is 4.98 Å². The summed E-state index contributed by atoms with van der Waals surface area (Å²) in [6, 6.07) is 3.21. The number of carbonyl (C=O) groups is 1. The van der Waals surface area contributed by atoms with E-state index in [0.29, 0.717) is 20.4 Å². The molecule has 3 heterocycles. The van der Waals surface area contributed by atoms with Crippen molar-refractivity contribution in [2.45, 2.75) is 45.0 Å². The van der Waals surface area contributed by atoms with E-state index in [0.717, 1.165) is 4.88 Å². The topological polar surface area (TPSA) is 112 Å². The summed E-state index contributed by atoms with van der Waals surface area (Å²) in [6.45, 7) is 7.74. The van der Waals surface area contributed by atoms with Crippen molar-refractivity contribution in [2.24, 2.45) is 0 Å². The molecule has 162 valence electrons. The molecule has 0 fully saturated rings. The smallest absolute Gasteiger partial charge is 0.414 e. The first-order valence-corrected chi connectivity index (χ1v) is 12.0. The number of amides is 1. The normalized spacial score (nSPS) is 14.0. The first kappa shape index (κ1) is 23.3. The van der Waals surface area contributed by atoms with Crippen LogP contribution in [0.25, 0.3) is 10.2 Å². The maximum Gasteiger partial charge on any atom is 0.414 e. The van der Waals surface area contributed by atoms with Gasteiger partial charge in [0.05, 0.1) is 23.3 Å². The molecule has 0 aliphatic carbocycles. The predicted molar refractivity (Wildman–Crippen MR) is 121 cm³/mol. The summed E-state index contributed by atoms with van der Waals surface area (Å²) in [7, 11) is 0. The number of thiophene rings is 1. The molecule has 0 radical (unpaired) electrons. The number of rotatable bonds is 6. The zero-order chi connectivity index (χ0) is 22.1. The summed E-state index contributed by atoms with van der Waals surface area (Å²) in [5.41, 5.74) is 0.513. The number of fused-ring (bicyclic) bond motifs is 1. The number of nitrogens with one attached hydrogen (secondary N) is 2. The fourth-order valence-electron chi connectivity index (χ4n) is 2.35. The fraction of sp³-hybridized carbons (Fsp3) is 0.389. The summed E-state index contributed by atoms with van der Waals surface area (Å²) >= 11 is 9.64. The van der Waals surface area contributed by atoms with Gasteiger partial charge >= 0.3 is 6.09 Å². The summed E-state index contributed by atoms with van der Waals surface area (Å²) in [5, 5.41) is 2.53. The third-order valence-electron chi connectivity index (χ3n) is 3.85. The predicted octanol–water partition coefficient (Wildman–Crippen LogP) is 5.10. The highest BCUT2D eigenvalue weighted by Gasteiger charge is 2.30. The standard InChI is InChI=1S/C18H20BrClN4O4S2/c1-9(24-30(26)18(2,3)4)13-11(19)12-14(29-13)15(23-16(20)22-12)28-17(25)21-8-10-6-5-7-27-10/h5-7,9,24H,8H2,1-4H3,(H,21,25). The number of nitrogens with zero attached hydrogens (tertiary/aromatic N) is 2. The third kappa shape index (κ3) is 5.45. The lowest BCUT2D eigenvalue weighted by atomic mass is 10.3. The number of carbonyl (C=O) groups excluding carboxylic acids is 1. The minimum Gasteiger partial charge on any atom is -0.598 e. The molecule has 2 atom stereocenters. The number of hydrogen-bond acceptors (Lipinski definition) is 8. The number of furan rings is 1. The van der Waals surface area contributed by atoms with Gasteiger partial charge in [-0.15, -0.1) is 16.1 Å². The highest BCUT2D eigenvalue weighted by molar-refractivity contribution is 9.10. The van der Waals surface area contributed by atoms with E-state index < -0.39 is 22.2 Å². The number of aromatic nitrogens is 2. The molecule has 0 aliphatic rings. The summed E-state index contributed by atoms with van der Waals surface area (Å²) in [5.74, 6) is 0.633. The molecular formula is C18H20BrClN4O4S2. The van der Waals surface area contributed by atoms with E-state index in [1.165, 1.54) is 17.6 Å². The molecule has 0 bridgehead atoms. The molecule has 3 aromatic heterocycles. The second-order valence-corrected chi connectivity index (χ2v) is 11.5. The van der Waals surface area contributed by atoms with Crippen molar-refractivity contribution in [1.29, 1.82) is 0 Å². The number of hydrogen-bond donors (Lipinski definition) is 2. The van der Waals surface area contributed by atoms with Crippen molar-refractivity contribution in [3.63, 3.8) is 0 Å². The van der Waals surface area contributed by atoms with E-state index in [-0.39, 0.29) is 23.8 Å². The van der Waals surface area contributed by atoms with Gasteiger partial charge in [-0.05, 0) is 67.4 Å². The molecule has 0 saturated carbocycles. The van der Waals surface area contributed by atoms with Crippen LogP contribution in [-0.4, -0.2) is 25.4 Å². The van der Waals surface area contributed by atoms with E-state index >= 15 is 0 Å². The lowest BCUT2D eigenvalue weighted by Crippen LogP contribution is -2.40. The molecule has 0 saturated heterocycles. The highest BCUT2D eigenvalue weighted by atomic mass is 79.9. The Morgan fingerprint density at radius 2 is 2.20 bits per heavy atom. The minimum absolute atomic E-state index is 0.0445. The van der Waals surface area contributed by atoms with Gasteiger partial charge < -0.3 is 19.0 Å². The van der Waals surface area contributed by atoms with Crippen molar-refractivity contribution >= 4 is 66.5 Å². The molecule has 30 heavy (non-hydrogen) atoms. The van der Waals surface area contributed by atoms with E-state index in [9.17, 15) is 9.35 Å². The van der Waals surface area contributed by atoms with Crippen LogP contribution in [0.4, 0.5) is 4.79 Å². The van der Waals surface area contributed by atoms with E-state index in [2.05, 4.69) is 35.9 Å². The molecular weight excluding hydrogens is 516 g/mol. The molecule has 2 unspecified atom stereocenters. The van der Waals surface area contributed by atoms with E-state index in [1.807, 2.05) is 27.7 Å². The van der Waals surface area contributed by atoms with Crippen LogP contribution in [-0.2, 0) is 17.9 Å². The lowest BCUT2D eigenvalue weighted by molar-refractivity contribution is 0.198. The van der Waals surface area contributed by atoms with Gasteiger partial charge in [0, 0.05) is 16.2 Å². The first-order valence-electron chi connectivity index (χ1n) is 8.87. The Morgan fingerprint density at radius 3 is 2.83 bits per heavy atom. The van der Waals surface area contributed by atoms with Gasteiger partial charge in [-0.3, -0.25) is 0 Å². The quantitative estimate of drug-likeness (QED) is 0.333. The van der Waals surface area contributed by atoms with Crippen LogP contribution in [0.5, 0.6) is 5.88 Å². The monoisotopic (exact) mass is 534 g/mol. The van der Waals surface area contributed by atoms with Gasteiger partial charge in [-0.25, -0.2) is 9.78 Å². The third-order valence-corrected chi connectivity index (χ3v) is 8.12. The molecule has 1 amide bonds. The van der Waals surface area contributed by atoms with Gasteiger partial charge in [-0.1, -0.05) is 0 Å². The molecule has 12 heteroatoms. The van der Waals surface area contributed by atoms with Crippen LogP contribution >= 0.6 is 38.9 Å². The Labute approximate surface area is 194 Å². The first-order chi connectivity index (χ1) is 14.1. The second-order valence-electron chi connectivity index (χ2n) is 7.30. The zero-order valence-electron chi connectivity index (χ0n) is 16.6. The Kier molecular flexibility index (Phi) is 7.31. The van der Waals surface area contributed by atoms with E-state index in [4.69, 9.17) is 20.8 Å². The van der Waals surface area contributed by atoms with Crippen LogP contribution in [0, 0.1) is 0 Å². The average Bonchev–Trinajstić information content (AvgIpc) is 3.28. The molecule has 8 nitrogen and oxygen atoms in total. The van der Waals surface area contributed by atoms with Crippen molar-refractivity contribution in [2.75, 3.05) is 0 Å². The lowest BCUT2D eigenvalue weighted by Gasteiger charge is -2.26. The maximum absolute atomic E-state index is 12.5. The highest BCUT2D eigenvalue weighted by Crippen LogP contribution is 2.42. The maximum atomic E-state index is 12.5. The Bertz CT molecular complexity index is 1040. The van der Waals surface area contributed by atoms with Crippen molar-refractivity contribution in [3.8, 4) is 5.88 Å². The van der Waals surface area contributed by atoms with Crippen LogP contribution in [0.3, 0.4) is 0 Å². The van der Waals surface area contributed by atoms with Gasteiger partial charge in [0.15, 0.2) is 0 Å². The average molecular weight is 536 g/mol. The Morgan fingerprint density at radius 1 is 1.47 bits per heavy atom. The molecule has 2 N–H and O–H groups in total. The molecule has 0 aromatic carbocycles. The molecule has 3 rings (SSSR count). The second kappa shape index (κ2) is 9.41. The molecule has 0 spiro atoms. The number of halogens is 2. The summed E-state index contributed by atoms with van der Waals surface area (Å²) in [6.07, 6.45) is 0.816. The van der Waals surface area contributed by atoms with Crippen molar-refractivity contribution < 1.29 is 18.5 Å². The van der Waals surface area contributed by atoms with Gasteiger partial charge in [0.2, 0.25) is 11.2 Å². The van der Waals surface area contributed by atoms with Gasteiger partial charge in [0.25, 0.3) is 0 Å². The summed E-state index contributed by atoms with van der Waals surface area (Å²) < 4.78 is 26.9. The SMILES string of the molecule is CC(N[S+]([O-])C(C)(C)C)c1sc2c(OC(=O)NCc3ccco3)nc(Cl)nc2c1Br. The number of ether oxygens (including phenoxy) is 1. The Hall–Kier alpha value is -1.37.